The molecule has 108 valence electrons. The van der Waals surface area contributed by atoms with Gasteiger partial charge >= 0.3 is 5.97 Å². The molecule has 5 heteroatoms. The van der Waals surface area contributed by atoms with Gasteiger partial charge in [0.05, 0.1) is 11.3 Å². The lowest BCUT2D eigenvalue weighted by atomic mass is 10.0. The fraction of sp³-hybridized carbons (Fsp3) is 0.125. The van der Waals surface area contributed by atoms with Gasteiger partial charge in [0.2, 0.25) is 5.91 Å². The normalized spacial score (nSPS) is 11.7. The van der Waals surface area contributed by atoms with Gasteiger partial charge in [0.15, 0.2) is 0 Å². The van der Waals surface area contributed by atoms with Gasteiger partial charge in [-0.2, -0.15) is 0 Å². The summed E-state index contributed by atoms with van der Waals surface area (Å²) < 4.78 is 0. The Morgan fingerprint density at radius 1 is 1.10 bits per heavy atom. The van der Waals surface area contributed by atoms with Gasteiger partial charge in [-0.1, -0.05) is 42.5 Å². The first-order chi connectivity index (χ1) is 10.0. The standard InChI is InChI=1S/C16H16N2O3/c1-10-6-5-9-12(13(10)16(20)21)18-15(19)14(17)11-7-3-2-4-8-11/h2-9,14H,17H2,1H3,(H,18,19)(H,20,21)/t14-/m0/s1. The van der Waals surface area contributed by atoms with Gasteiger partial charge in [-0.05, 0) is 24.1 Å². The molecule has 2 aromatic carbocycles. The second-order valence-electron chi connectivity index (χ2n) is 4.68. The molecule has 0 unspecified atom stereocenters. The minimum absolute atomic E-state index is 0.0751. The fourth-order valence-electron chi connectivity index (χ4n) is 2.08. The Morgan fingerprint density at radius 3 is 2.38 bits per heavy atom. The SMILES string of the molecule is Cc1cccc(NC(=O)[C@@H](N)c2ccccc2)c1C(=O)O. The number of hydrogen-bond donors (Lipinski definition) is 3. The Bertz CT molecular complexity index is 668. The van der Waals surface area contributed by atoms with Gasteiger partial charge in [0, 0.05) is 0 Å². The summed E-state index contributed by atoms with van der Waals surface area (Å²) in [6.07, 6.45) is 0. The highest BCUT2D eigenvalue weighted by Crippen LogP contribution is 2.21. The van der Waals surface area contributed by atoms with Crippen LogP contribution in [-0.2, 0) is 4.79 Å². The number of aryl methyl sites for hydroxylation is 1. The molecule has 0 aliphatic heterocycles. The maximum Gasteiger partial charge on any atom is 0.338 e. The van der Waals surface area contributed by atoms with Crippen molar-refractivity contribution in [2.24, 2.45) is 5.73 Å². The van der Waals surface area contributed by atoms with E-state index in [-0.39, 0.29) is 11.3 Å². The van der Waals surface area contributed by atoms with Crippen molar-refractivity contribution < 1.29 is 14.7 Å². The van der Waals surface area contributed by atoms with Crippen LogP contribution in [-0.4, -0.2) is 17.0 Å². The van der Waals surface area contributed by atoms with Crippen LogP contribution in [0.2, 0.25) is 0 Å². The first kappa shape index (κ1) is 14.7. The van der Waals surface area contributed by atoms with Crippen molar-refractivity contribution in [3.05, 3.63) is 65.2 Å². The lowest BCUT2D eigenvalue weighted by Crippen LogP contribution is -2.28. The van der Waals surface area contributed by atoms with Gasteiger partial charge in [0.25, 0.3) is 0 Å². The number of benzene rings is 2. The zero-order chi connectivity index (χ0) is 15.4. The second kappa shape index (κ2) is 6.19. The molecular formula is C16H16N2O3. The number of carbonyl (C=O) groups excluding carboxylic acids is 1. The Hall–Kier alpha value is -2.66. The average molecular weight is 284 g/mol. The predicted molar refractivity (Wildman–Crippen MR) is 80.1 cm³/mol. The van der Waals surface area contributed by atoms with E-state index in [0.717, 1.165) is 0 Å². The van der Waals surface area contributed by atoms with Crippen molar-refractivity contribution in [2.75, 3.05) is 5.32 Å². The van der Waals surface area contributed by atoms with E-state index in [2.05, 4.69) is 5.32 Å². The number of nitrogens with two attached hydrogens (primary N) is 1. The fourth-order valence-corrected chi connectivity index (χ4v) is 2.08. The Kier molecular flexibility index (Phi) is 4.35. The number of aromatic carboxylic acids is 1. The average Bonchev–Trinajstić information content (AvgIpc) is 2.47. The smallest absolute Gasteiger partial charge is 0.338 e. The highest BCUT2D eigenvalue weighted by Gasteiger charge is 2.19. The van der Waals surface area contributed by atoms with Crippen LogP contribution in [0.15, 0.2) is 48.5 Å². The molecule has 0 radical (unpaired) electrons. The number of amides is 1. The van der Waals surface area contributed by atoms with Crippen LogP contribution in [0.5, 0.6) is 0 Å². The lowest BCUT2D eigenvalue weighted by Gasteiger charge is -2.15. The minimum Gasteiger partial charge on any atom is -0.478 e. The Labute approximate surface area is 122 Å². The number of carboxylic acids is 1. The van der Waals surface area contributed by atoms with Gasteiger partial charge < -0.3 is 16.2 Å². The number of carbonyl (C=O) groups is 2. The summed E-state index contributed by atoms with van der Waals surface area (Å²) in [5, 5.41) is 11.8. The van der Waals surface area contributed by atoms with Crippen LogP contribution in [0, 0.1) is 6.92 Å². The molecular weight excluding hydrogens is 268 g/mol. The van der Waals surface area contributed by atoms with Crippen LogP contribution in [0.1, 0.15) is 27.5 Å². The molecule has 2 aromatic rings. The summed E-state index contributed by atoms with van der Waals surface area (Å²) in [7, 11) is 0. The topological polar surface area (TPSA) is 92.4 Å². The molecule has 0 saturated carbocycles. The zero-order valence-corrected chi connectivity index (χ0v) is 11.5. The van der Waals surface area contributed by atoms with Gasteiger partial charge in [-0.15, -0.1) is 0 Å². The van der Waals surface area contributed by atoms with Crippen molar-refractivity contribution in [2.45, 2.75) is 13.0 Å². The van der Waals surface area contributed by atoms with Crippen molar-refractivity contribution >= 4 is 17.6 Å². The molecule has 21 heavy (non-hydrogen) atoms. The lowest BCUT2D eigenvalue weighted by molar-refractivity contribution is -0.117. The Balaban J connectivity index is 2.25. The maximum absolute atomic E-state index is 12.2. The maximum atomic E-state index is 12.2. The predicted octanol–water partition coefficient (Wildman–Crippen LogP) is 2.33. The number of anilines is 1. The number of hydrogen-bond acceptors (Lipinski definition) is 3. The van der Waals surface area contributed by atoms with E-state index in [1.54, 1.807) is 49.4 Å². The Morgan fingerprint density at radius 2 is 1.76 bits per heavy atom. The molecule has 0 saturated heterocycles. The number of carboxylic acid groups (broad SMARTS) is 1. The van der Waals surface area contributed by atoms with E-state index < -0.39 is 17.9 Å². The van der Waals surface area contributed by atoms with Crippen LogP contribution in [0.25, 0.3) is 0 Å². The summed E-state index contributed by atoms with van der Waals surface area (Å²) in [6.45, 7) is 1.68. The van der Waals surface area contributed by atoms with Crippen molar-refractivity contribution in [3.8, 4) is 0 Å². The molecule has 4 N–H and O–H groups in total. The molecule has 0 spiro atoms. The van der Waals surface area contributed by atoms with Crippen molar-refractivity contribution in [1.82, 2.24) is 0 Å². The third-order valence-electron chi connectivity index (χ3n) is 3.19. The molecule has 5 nitrogen and oxygen atoms in total. The van der Waals surface area contributed by atoms with Gasteiger partial charge in [-0.25, -0.2) is 4.79 Å². The summed E-state index contributed by atoms with van der Waals surface area (Å²) >= 11 is 0. The van der Waals surface area contributed by atoms with Crippen molar-refractivity contribution in [3.63, 3.8) is 0 Å². The van der Waals surface area contributed by atoms with Crippen LogP contribution in [0.4, 0.5) is 5.69 Å². The molecule has 0 fully saturated rings. The summed E-state index contributed by atoms with van der Waals surface area (Å²) in [5.41, 5.74) is 7.46. The van der Waals surface area contributed by atoms with E-state index in [1.807, 2.05) is 6.07 Å². The van der Waals surface area contributed by atoms with Crippen LogP contribution >= 0.6 is 0 Å². The molecule has 0 bridgehead atoms. The van der Waals surface area contributed by atoms with E-state index in [9.17, 15) is 14.7 Å². The van der Waals surface area contributed by atoms with E-state index >= 15 is 0 Å². The first-order valence-electron chi connectivity index (χ1n) is 6.45. The van der Waals surface area contributed by atoms with E-state index in [0.29, 0.717) is 11.1 Å². The summed E-state index contributed by atoms with van der Waals surface area (Å²) in [6, 6.07) is 13.0. The largest absolute Gasteiger partial charge is 0.478 e. The molecule has 1 atom stereocenters. The third kappa shape index (κ3) is 3.27. The van der Waals surface area contributed by atoms with E-state index in [1.165, 1.54) is 0 Å². The summed E-state index contributed by atoms with van der Waals surface area (Å²) in [5.74, 6) is -1.54. The number of nitrogens with one attached hydrogen (secondary N) is 1. The van der Waals surface area contributed by atoms with Crippen molar-refractivity contribution in [1.29, 1.82) is 0 Å². The third-order valence-corrected chi connectivity index (χ3v) is 3.19. The molecule has 0 heterocycles. The monoisotopic (exact) mass is 284 g/mol. The molecule has 0 aliphatic carbocycles. The van der Waals surface area contributed by atoms with Gasteiger partial charge in [-0.3, -0.25) is 4.79 Å². The first-order valence-corrected chi connectivity index (χ1v) is 6.45. The van der Waals surface area contributed by atoms with Crippen LogP contribution < -0.4 is 11.1 Å². The molecule has 2 rings (SSSR count). The van der Waals surface area contributed by atoms with Gasteiger partial charge in [0.1, 0.15) is 6.04 Å². The van der Waals surface area contributed by atoms with E-state index in [4.69, 9.17) is 5.73 Å². The molecule has 0 aliphatic rings. The summed E-state index contributed by atoms with van der Waals surface area (Å²) in [4.78, 5) is 23.5. The number of rotatable bonds is 4. The van der Waals surface area contributed by atoms with Crippen LogP contribution in [0.3, 0.4) is 0 Å². The molecule has 0 aromatic heterocycles. The quantitative estimate of drug-likeness (QED) is 0.803. The molecule has 1 amide bonds. The highest BCUT2D eigenvalue weighted by atomic mass is 16.4. The zero-order valence-electron chi connectivity index (χ0n) is 11.5. The second-order valence-corrected chi connectivity index (χ2v) is 4.68. The minimum atomic E-state index is -1.09. The highest BCUT2D eigenvalue weighted by molar-refractivity contribution is 6.03.